The van der Waals surface area contributed by atoms with Crippen molar-refractivity contribution >= 4 is 18.0 Å². The molecule has 0 bridgehead atoms. The predicted molar refractivity (Wildman–Crippen MR) is 76.6 cm³/mol. The smallest absolute Gasteiger partial charge is 0.338 e. The van der Waals surface area contributed by atoms with E-state index in [2.05, 4.69) is 4.74 Å². The number of carbonyl (C=O) groups is 2. The SMILES string of the molecule is O=C(/C=C/c1cccc(F)c1)OC(=O)Cc1ccc(F)cc1. The lowest BCUT2D eigenvalue weighted by molar-refractivity contribution is -0.155. The Balaban J connectivity index is 1.88. The first-order valence-electron chi connectivity index (χ1n) is 6.45. The fraction of sp³-hybridized carbons (Fsp3) is 0.0588. The number of rotatable bonds is 4. The largest absolute Gasteiger partial charge is 0.390 e. The number of ether oxygens (including phenoxy) is 1. The molecule has 112 valence electrons. The molecule has 0 amide bonds. The van der Waals surface area contributed by atoms with Crippen molar-refractivity contribution in [3.63, 3.8) is 0 Å². The molecule has 0 aliphatic carbocycles. The average molecular weight is 302 g/mol. The van der Waals surface area contributed by atoms with Gasteiger partial charge in [0.1, 0.15) is 11.6 Å². The maximum atomic E-state index is 12.9. The van der Waals surface area contributed by atoms with E-state index in [0.29, 0.717) is 11.1 Å². The zero-order chi connectivity index (χ0) is 15.9. The number of esters is 2. The number of hydrogen-bond donors (Lipinski definition) is 0. The highest BCUT2D eigenvalue weighted by molar-refractivity contribution is 5.95. The van der Waals surface area contributed by atoms with Crippen molar-refractivity contribution in [2.45, 2.75) is 6.42 Å². The fourth-order valence-electron chi connectivity index (χ4n) is 1.73. The van der Waals surface area contributed by atoms with Gasteiger partial charge in [0.2, 0.25) is 0 Å². The molecule has 0 saturated carbocycles. The Morgan fingerprint density at radius 1 is 1.00 bits per heavy atom. The van der Waals surface area contributed by atoms with E-state index in [1.165, 1.54) is 48.5 Å². The summed E-state index contributed by atoms with van der Waals surface area (Å²) in [7, 11) is 0. The molecule has 0 aliphatic rings. The Morgan fingerprint density at radius 2 is 1.73 bits per heavy atom. The number of benzene rings is 2. The van der Waals surface area contributed by atoms with Crippen LogP contribution in [0.4, 0.5) is 8.78 Å². The van der Waals surface area contributed by atoms with E-state index in [-0.39, 0.29) is 6.42 Å². The van der Waals surface area contributed by atoms with Crippen molar-refractivity contribution in [3.8, 4) is 0 Å². The van der Waals surface area contributed by atoms with Crippen molar-refractivity contribution in [2.75, 3.05) is 0 Å². The van der Waals surface area contributed by atoms with Gasteiger partial charge in [-0.05, 0) is 41.5 Å². The van der Waals surface area contributed by atoms with Crippen molar-refractivity contribution in [3.05, 3.63) is 77.4 Å². The van der Waals surface area contributed by atoms with Crippen LogP contribution in [0.5, 0.6) is 0 Å². The summed E-state index contributed by atoms with van der Waals surface area (Å²) in [6, 6.07) is 10.9. The molecule has 0 saturated heterocycles. The molecule has 0 unspecified atom stereocenters. The first-order valence-corrected chi connectivity index (χ1v) is 6.45. The summed E-state index contributed by atoms with van der Waals surface area (Å²) in [4.78, 5) is 23.0. The van der Waals surface area contributed by atoms with E-state index in [1.54, 1.807) is 6.07 Å². The Bertz CT molecular complexity index is 706. The second kappa shape index (κ2) is 7.26. The monoisotopic (exact) mass is 302 g/mol. The summed E-state index contributed by atoms with van der Waals surface area (Å²) in [6.07, 6.45) is 2.24. The van der Waals surface area contributed by atoms with Crippen molar-refractivity contribution < 1.29 is 23.1 Å². The number of carbonyl (C=O) groups excluding carboxylic acids is 2. The van der Waals surface area contributed by atoms with Crippen LogP contribution in [0.15, 0.2) is 54.6 Å². The van der Waals surface area contributed by atoms with Gasteiger partial charge in [-0.25, -0.2) is 13.6 Å². The van der Waals surface area contributed by atoms with Gasteiger partial charge in [0.15, 0.2) is 0 Å². The third-order valence-electron chi connectivity index (χ3n) is 2.74. The van der Waals surface area contributed by atoms with Gasteiger partial charge >= 0.3 is 11.9 Å². The minimum atomic E-state index is -0.851. The van der Waals surface area contributed by atoms with Gasteiger partial charge in [-0.2, -0.15) is 0 Å². The lowest BCUT2D eigenvalue weighted by Gasteiger charge is -2.01. The molecule has 2 aromatic rings. The molecule has 3 nitrogen and oxygen atoms in total. The summed E-state index contributed by atoms with van der Waals surface area (Å²) in [5, 5.41) is 0. The second-order valence-corrected chi connectivity index (χ2v) is 4.48. The summed E-state index contributed by atoms with van der Waals surface area (Å²) in [6.45, 7) is 0. The summed E-state index contributed by atoms with van der Waals surface area (Å²) >= 11 is 0. The van der Waals surface area contributed by atoms with Crippen LogP contribution in [-0.2, 0) is 20.7 Å². The molecule has 0 fully saturated rings. The standard InChI is InChI=1S/C17H12F2O3/c18-14-7-4-13(5-8-14)11-17(21)22-16(20)9-6-12-2-1-3-15(19)10-12/h1-10H,11H2/b9-6+. The third kappa shape index (κ3) is 4.94. The Kier molecular flexibility index (Phi) is 5.14. The van der Waals surface area contributed by atoms with Crippen LogP contribution in [0.3, 0.4) is 0 Å². The second-order valence-electron chi connectivity index (χ2n) is 4.48. The lowest BCUT2D eigenvalue weighted by Crippen LogP contribution is -2.12. The van der Waals surface area contributed by atoms with Crippen molar-refractivity contribution in [2.24, 2.45) is 0 Å². The normalized spacial score (nSPS) is 10.6. The van der Waals surface area contributed by atoms with E-state index >= 15 is 0 Å². The highest BCUT2D eigenvalue weighted by Crippen LogP contribution is 2.07. The Hall–Kier alpha value is -2.82. The van der Waals surface area contributed by atoms with Crippen LogP contribution in [0.1, 0.15) is 11.1 Å². The molecular formula is C17H12F2O3. The molecule has 0 aliphatic heterocycles. The van der Waals surface area contributed by atoms with Gasteiger partial charge in [0, 0.05) is 6.08 Å². The predicted octanol–water partition coefficient (Wildman–Crippen LogP) is 3.29. The molecule has 0 atom stereocenters. The molecule has 2 aromatic carbocycles. The van der Waals surface area contributed by atoms with Crippen molar-refractivity contribution in [1.82, 2.24) is 0 Å². The lowest BCUT2D eigenvalue weighted by atomic mass is 10.1. The molecule has 0 spiro atoms. The van der Waals surface area contributed by atoms with E-state index in [9.17, 15) is 18.4 Å². The molecule has 0 heterocycles. The first kappa shape index (κ1) is 15.6. The van der Waals surface area contributed by atoms with Gasteiger partial charge in [-0.1, -0.05) is 24.3 Å². The molecule has 5 heteroatoms. The molecule has 0 aromatic heterocycles. The van der Waals surface area contributed by atoms with Crippen LogP contribution in [0, 0.1) is 11.6 Å². The minimum absolute atomic E-state index is 0.139. The van der Waals surface area contributed by atoms with Crippen LogP contribution < -0.4 is 0 Å². The maximum Gasteiger partial charge on any atom is 0.338 e. The first-order chi connectivity index (χ1) is 10.5. The maximum absolute atomic E-state index is 12.9. The van der Waals surface area contributed by atoms with Gasteiger partial charge < -0.3 is 4.74 Å². The quantitative estimate of drug-likeness (QED) is 0.494. The highest BCUT2D eigenvalue weighted by atomic mass is 19.1. The van der Waals surface area contributed by atoms with E-state index in [4.69, 9.17) is 0 Å². The summed E-state index contributed by atoms with van der Waals surface area (Å²) in [5.41, 5.74) is 1.01. The van der Waals surface area contributed by atoms with Gasteiger partial charge in [-0.3, -0.25) is 4.79 Å². The number of halogens is 2. The highest BCUT2D eigenvalue weighted by Gasteiger charge is 2.09. The van der Waals surface area contributed by atoms with Gasteiger partial charge in [-0.15, -0.1) is 0 Å². The van der Waals surface area contributed by atoms with Crippen molar-refractivity contribution in [1.29, 1.82) is 0 Å². The Morgan fingerprint density at radius 3 is 2.41 bits per heavy atom. The topological polar surface area (TPSA) is 43.4 Å². The summed E-state index contributed by atoms with van der Waals surface area (Å²) < 4.78 is 30.2. The zero-order valence-corrected chi connectivity index (χ0v) is 11.5. The van der Waals surface area contributed by atoms with Crippen LogP contribution in [-0.4, -0.2) is 11.9 Å². The molecule has 22 heavy (non-hydrogen) atoms. The third-order valence-corrected chi connectivity index (χ3v) is 2.74. The van der Waals surface area contributed by atoms with Gasteiger partial charge in [0.25, 0.3) is 0 Å². The molecular weight excluding hydrogens is 290 g/mol. The average Bonchev–Trinajstić information content (AvgIpc) is 2.47. The zero-order valence-electron chi connectivity index (χ0n) is 11.5. The van der Waals surface area contributed by atoms with Crippen LogP contribution >= 0.6 is 0 Å². The van der Waals surface area contributed by atoms with Gasteiger partial charge in [0.05, 0.1) is 6.42 Å². The van der Waals surface area contributed by atoms with E-state index < -0.39 is 23.6 Å². The molecule has 0 radical (unpaired) electrons. The van der Waals surface area contributed by atoms with Crippen LogP contribution in [0.25, 0.3) is 6.08 Å². The molecule has 0 N–H and O–H groups in total. The number of hydrogen-bond acceptors (Lipinski definition) is 3. The Labute approximate surface area is 125 Å². The van der Waals surface area contributed by atoms with Crippen LogP contribution in [0.2, 0.25) is 0 Å². The minimum Gasteiger partial charge on any atom is -0.390 e. The fourth-order valence-corrected chi connectivity index (χ4v) is 1.73. The summed E-state index contributed by atoms with van der Waals surface area (Å²) in [5.74, 6) is -2.44. The van der Waals surface area contributed by atoms with E-state index in [1.807, 2.05) is 0 Å². The molecule has 2 rings (SSSR count). The van der Waals surface area contributed by atoms with E-state index in [0.717, 1.165) is 6.08 Å².